The summed E-state index contributed by atoms with van der Waals surface area (Å²) < 4.78 is 0. The van der Waals surface area contributed by atoms with Crippen LogP contribution in [0, 0.1) is 0 Å². The molecule has 0 rings (SSSR count). The fourth-order valence-electron chi connectivity index (χ4n) is 0.258. The van der Waals surface area contributed by atoms with Gasteiger partial charge >= 0.3 is 0 Å². The number of imide groups is 1. The minimum atomic E-state index is -0.509. The van der Waals surface area contributed by atoms with Crippen LogP contribution in [0.3, 0.4) is 0 Å². The van der Waals surface area contributed by atoms with Gasteiger partial charge in [-0.25, -0.2) is 0 Å². The van der Waals surface area contributed by atoms with Crippen molar-refractivity contribution in [2.24, 2.45) is 11.5 Å². The number of hydrogen-bond donors (Lipinski definition) is 3. The first-order valence-corrected chi connectivity index (χ1v) is 2.43. The highest BCUT2D eigenvalue weighted by Crippen LogP contribution is 1.59. The number of amides is 2. The van der Waals surface area contributed by atoms with Crippen molar-refractivity contribution in [1.82, 2.24) is 5.32 Å². The lowest BCUT2D eigenvalue weighted by Crippen LogP contribution is -2.38. The molecule has 5 heteroatoms. The van der Waals surface area contributed by atoms with E-state index in [1.165, 1.54) is 0 Å². The molecule has 0 aliphatic heterocycles. The predicted octanol–water partition coefficient (Wildman–Crippen LogP) is -2.45. The Morgan fingerprint density at radius 3 is 1.67 bits per heavy atom. The normalized spacial score (nSPS) is 8.67. The minimum Gasteiger partial charge on any atom is -0.322 e. The molecule has 0 saturated heterocycles. The van der Waals surface area contributed by atoms with Gasteiger partial charge in [0.15, 0.2) is 0 Å². The van der Waals surface area contributed by atoms with E-state index in [0.717, 1.165) is 0 Å². The van der Waals surface area contributed by atoms with E-state index in [4.69, 9.17) is 11.5 Å². The van der Waals surface area contributed by atoms with Crippen LogP contribution < -0.4 is 16.8 Å². The molecule has 2 amide bonds. The first-order valence-electron chi connectivity index (χ1n) is 2.43. The molecule has 0 spiro atoms. The number of hydrogen-bond acceptors (Lipinski definition) is 4. The van der Waals surface area contributed by atoms with Crippen LogP contribution in [0.2, 0.25) is 0 Å². The summed E-state index contributed by atoms with van der Waals surface area (Å²) in [6.07, 6.45) is 0. The second kappa shape index (κ2) is 3.99. The molecule has 0 aromatic heterocycles. The van der Waals surface area contributed by atoms with Gasteiger partial charge in [0.2, 0.25) is 11.8 Å². The number of carbonyl (C=O) groups is 2. The van der Waals surface area contributed by atoms with Gasteiger partial charge in [-0.2, -0.15) is 0 Å². The maximum absolute atomic E-state index is 10.3. The molecule has 0 saturated carbocycles. The van der Waals surface area contributed by atoms with Crippen molar-refractivity contribution in [2.45, 2.75) is 0 Å². The van der Waals surface area contributed by atoms with Gasteiger partial charge in [0, 0.05) is 0 Å². The van der Waals surface area contributed by atoms with Gasteiger partial charge in [-0.15, -0.1) is 0 Å². The molecule has 5 nitrogen and oxygen atoms in total. The Hall–Kier alpha value is -0.940. The summed E-state index contributed by atoms with van der Waals surface area (Å²) >= 11 is 0. The second-order valence-electron chi connectivity index (χ2n) is 1.38. The van der Waals surface area contributed by atoms with Crippen LogP contribution in [-0.2, 0) is 9.59 Å². The van der Waals surface area contributed by atoms with Gasteiger partial charge in [-0.05, 0) is 0 Å². The van der Waals surface area contributed by atoms with Crippen molar-refractivity contribution in [1.29, 1.82) is 0 Å². The van der Waals surface area contributed by atoms with Crippen molar-refractivity contribution in [3.05, 3.63) is 0 Å². The lowest BCUT2D eigenvalue weighted by atomic mass is 10.5. The fraction of sp³-hybridized carbons (Fsp3) is 0.500. The second-order valence-corrected chi connectivity index (χ2v) is 1.38. The predicted molar refractivity (Wildman–Crippen MR) is 31.3 cm³/mol. The van der Waals surface area contributed by atoms with E-state index >= 15 is 0 Å². The van der Waals surface area contributed by atoms with E-state index in [2.05, 4.69) is 0 Å². The molecule has 9 heavy (non-hydrogen) atoms. The van der Waals surface area contributed by atoms with Gasteiger partial charge in [-0.1, -0.05) is 0 Å². The highest BCUT2D eigenvalue weighted by molar-refractivity contribution is 5.96. The van der Waals surface area contributed by atoms with Crippen LogP contribution in [0.1, 0.15) is 0 Å². The van der Waals surface area contributed by atoms with Crippen molar-refractivity contribution in [3.63, 3.8) is 0 Å². The van der Waals surface area contributed by atoms with Gasteiger partial charge in [0.25, 0.3) is 0 Å². The van der Waals surface area contributed by atoms with Gasteiger partial charge in [0.1, 0.15) is 0 Å². The van der Waals surface area contributed by atoms with E-state index < -0.39 is 11.8 Å². The topological polar surface area (TPSA) is 98.2 Å². The molecule has 0 heterocycles. The third-order valence-electron chi connectivity index (χ3n) is 0.650. The average Bonchev–Trinajstić information content (AvgIpc) is 1.87. The summed E-state index contributed by atoms with van der Waals surface area (Å²) in [6.45, 7) is -0.378. The monoisotopic (exact) mass is 131 g/mol. The molecular weight excluding hydrogens is 122 g/mol. The summed E-state index contributed by atoms with van der Waals surface area (Å²) in [5, 5.41) is 1.95. The zero-order chi connectivity index (χ0) is 7.28. The first-order chi connectivity index (χ1) is 4.20. The highest BCUT2D eigenvalue weighted by Gasteiger charge is 2.00. The zero-order valence-corrected chi connectivity index (χ0v) is 4.89. The summed E-state index contributed by atoms with van der Waals surface area (Å²) in [7, 11) is 0. The van der Waals surface area contributed by atoms with E-state index in [1.54, 1.807) is 0 Å². The standard InChI is InChI=1S/C4H9N3O2/c5-1-3(8)7-4(9)2-6/h1-2,5-6H2,(H,7,8,9). The van der Waals surface area contributed by atoms with Crippen LogP contribution in [0.4, 0.5) is 0 Å². The van der Waals surface area contributed by atoms with Crippen molar-refractivity contribution in [3.8, 4) is 0 Å². The van der Waals surface area contributed by atoms with Crippen LogP contribution in [0.25, 0.3) is 0 Å². The maximum Gasteiger partial charge on any atom is 0.240 e. The summed E-state index contributed by atoms with van der Waals surface area (Å²) in [6, 6.07) is 0. The Labute approximate surface area is 52.4 Å². The molecule has 0 aromatic rings. The Kier molecular flexibility index (Phi) is 3.57. The molecule has 0 bridgehead atoms. The SMILES string of the molecule is NCC(=O)NC(=O)CN. The molecule has 5 N–H and O–H groups in total. The maximum atomic E-state index is 10.3. The number of nitrogens with two attached hydrogens (primary N) is 2. The zero-order valence-electron chi connectivity index (χ0n) is 4.89. The third kappa shape index (κ3) is 3.63. The van der Waals surface area contributed by atoms with Gasteiger partial charge < -0.3 is 11.5 Å². The van der Waals surface area contributed by atoms with Crippen molar-refractivity contribution < 1.29 is 9.59 Å². The average molecular weight is 131 g/mol. The molecule has 0 aliphatic rings. The Morgan fingerprint density at radius 2 is 1.44 bits per heavy atom. The molecule has 0 aromatic carbocycles. The first kappa shape index (κ1) is 8.06. The molecular formula is C4H9N3O2. The van der Waals surface area contributed by atoms with Crippen molar-refractivity contribution in [2.75, 3.05) is 13.1 Å². The smallest absolute Gasteiger partial charge is 0.240 e. The molecule has 0 aliphatic carbocycles. The summed E-state index contributed by atoms with van der Waals surface area (Å²) in [4.78, 5) is 20.5. The van der Waals surface area contributed by atoms with Gasteiger partial charge in [-0.3, -0.25) is 14.9 Å². The summed E-state index contributed by atoms with van der Waals surface area (Å²) in [5.74, 6) is -1.02. The quantitative estimate of drug-likeness (QED) is 0.387. The van der Waals surface area contributed by atoms with Crippen LogP contribution in [-0.4, -0.2) is 24.9 Å². The number of nitrogens with one attached hydrogen (secondary N) is 1. The van der Waals surface area contributed by atoms with E-state index in [-0.39, 0.29) is 13.1 Å². The molecule has 52 valence electrons. The highest BCUT2D eigenvalue weighted by atomic mass is 16.2. The summed E-state index contributed by atoms with van der Waals surface area (Å²) in [5.41, 5.74) is 9.74. The Balaban J connectivity index is 3.47. The van der Waals surface area contributed by atoms with Gasteiger partial charge in [0.05, 0.1) is 13.1 Å². The molecule has 0 fully saturated rings. The van der Waals surface area contributed by atoms with Crippen LogP contribution in [0.5, 0.6) is 0 Å². The van der Waals surface area contributed by atoms with E-state index in [0.29, 0.717) is 0 Å². The molecule has 0 radical (unpaired) electrons. The van der Waals surface area contributed by atoms with E-state index in [9.17, 15) is 9.59 Å². The Morgan fingerprint density at radius 1 is 1.11 bits per heavy atom. The fourth-order valence-corrected chi connectivity index (χ4v) is 0.258. The number of rotatable bonds is 2. The molecule has 0 unspecified atom stereocenters. The molecule has 0 atom stereocenters. The lowest BCUT2D eigenvalue weighted by molar-refractivity contribution is -0.128. The van der Waals surface area contributed by atoms with E-state index in [1.807, 2.05) is 5.32 Å². The Bertz CT molecular complexity index is 109. The lowest BCUT2D eigenvalue weighted by Gasteiger charge is -1.96. The largest absolute Gasteiger partial charge is 0.322 e. The number of carbonyl (C=O) groups excluding carboxylic acids is 2. The van der Waals surface area contributed by atoms with Crippen LogP contribution in [0.15, 0.2) is 0 Å². The van der Waals surface area contributed by atoms with Crippen LogP contribution >= 0.6 is 0 Å². The van der Waals surface area contributed by atoms with Crippen molar-refractivity contribution >= 4 is 11.8 Å². The minimum absolute atomic E-state index is 0.189. The third-order valence-corrected chi connectivity index (χ3v) is 0.650.